The van der Waals surface area contributed by atoms with Crippen LogP contribution in [0.25, 0.3) is 10.1 Å². The average molecular weight is 282 g/mol. The Balaban J connectivity index is 1.92. The lowest BCUT2D eigenvalue weighted by atomic mass is 10.1. The Morgan fingerprint density at radius 1 is 1.15 bits per heavy atom. The van der Waals surface area contributed by atoms with Crippen molar-refractivity contribution in [1.29, 1.82) is 0 Å². The Labute approximate surface area is 123 Å². The lowest BCUT2D eigenvalue weighted by Crippen LogP contribution is -2.06. The van der Waals surface area contributed by atoms with Crippen LogP contribution in [0, 0.1) is 13.8 Å². The summed E-state index contributed by atoms with van der Waals surface area (Å²) in [6.45, 7) is 6.48. The van der Waals surface area contributed by atoms with Crippen LogP contribution in [0.3, 0.4) is 0 Å². The number of aromatic nitrogens is 1. The molecule has 1 N–H and O–H groups in total. The summed E-state index contributed by atoms with van der Waals surface area (Å²) in [5.41, 5.74) is 3.64. The number of pyridine rings is 1. The maximum Gasteiger partial charge on any atom is 0.0582 e. The van der Waals surface area contributed by atoms with Crippen LogP contribution < -0.4 is 5.32 Å². The van der Waals surface area contributed by atoms with E-state index in [9.17, 15) is 0 Å². The quantitative estimate of drug-likeness (QED) is 0.724. The minimum absolute atomic E-state index is 0.288. The van der Waals surface area contributed by atoms with Gasteiger partial charge < -0.3 is 5.32 Å². The van der Waals surface area contributed by atoms with E-state index in [-0.39, 0.29) is 6.04 Å². The van der Waals surface area contributed by atoms with E-state index in [1.807, 2.05) is 23.7 Å². The zero-order chi connectivity index (χ0) is 14.1. The SMILES string of the molecule is Cc1cncc(NC(C)c2sc3ccccc3c2C)c1. The van der Waals surface area contributed by atoms with Gasteiger partial charge in [-0.3, -0.25) is 4.98 Å². The Morgan fingerprint density at radius 2 is 1.95 bits per heavy atom. The van der Waals surface area contributed by atoms with Crippen molar-refractivity contribution in [3.05, 3.63) is 58.7 Å². The number of anilines is 1. The lowest BCUT2D eigenvalue weighted by molar-refractivity contribution is 0.898. The largest absolute Gasteiger partial charge is 0.376 e. The maximum atomic E-state index is 4.24. The first-order chi connectivity index (χ1) is 9.65. The highest BCUT2D eigenvalue weighted by molar-refractivity contribution is 7.19. The Hall–Kier alpha value is -1.87. The van der Waals surface area contributed by atoms with Gasteiger partial charge in [0.1, 0.15) is 0 Å². The molecule has 1 unspecified atom stereocenters. The molecule has 0 aliphatic heterocycles. The number of rotatable bonds is 3. The van der Waals surface area contributed by atoms with Crippen LogP contribution in [0.5, 0.6) is 0 Å². The van der Waals surface area contributed by atoms with Crippen LogP contribution in [0.4, 0.5) is 5.69 Å². The zero-order valence-electron chi connectivity index (χ0n) is 12.0. The summed E-state index contributed by atoms with van der Waals surface area (Å²) in [5.74, 6) is 0. The van der Waals surface area contributed by atoms with Gasteiger partial charge in [0.05, 0.1) is 11.7 Å². The molecule has 0 spiro atoms. The molecule has 0 radical (unpaired) electrons. The number of benzene rings is 1. The number of hydrogen-bond donors (Lipinski definition) is 1. The molecule has 0 aliphatic carbocycles. The number of nitrogens with zero attached hydrogens (tertiary/aromatic N) is 1. The topological polar surface area (TPSA) is 24.9 Å². The van der Waals surface area contributed by atoms with Gasteiger partial charge in [0, 0.05) is 22.0 Å². The third-order valence-corrected chi connectivity index (χ3v) is 4.99. The van der Waals surface area contributed by atoms with Crippen LogP contribution in [0.15, 0.2) is 42.7 Å². The van der Waals surface area contributed by atoms with Gasteiger partial charge in [0.15, 0.2) is 0 Å². The maximum absolute atomic E-state index is 4.24. The second-order valence-corrected chi connectivity index (χ2v) is 6.29. The molecule has 0 fully saturated rings. The van der Waals surface area contributed by atoms with E-state index < -0.39 is 0 Å². The van der Waals surface area contributed by atoms with Crippen LogP contribution >= 0.6 is 11.3 Å². The molecule has 2 aromatic heterocycles. The van der Waals surface area contributed by atoms with Gasteiger partial charge in [-0.2, -0.15) is 0 Å². The van der Waals surface area contributed by atoms with Crippen LogP contribution in [-0.2, 0) is 0 Å². The molecule has 3 rings (SSSR count). The highest BCUT2D eigenvalue weighted by Gasteiger charge is 2.14. The molecule has 2 nitrogen and oxygen atoms in total. The summed E-state index contributed by atoms with van der Waals surface area (Å²) in [7, 11) is 0. The van der Waals surface area contributed by atoms with Crippen molar-refractivity contribution in [3.8, 4) is 0 Å². The summed E-state index contributed by atoms with van der Waals surface area (Å²) in [6.07, 6.45) is 3.76. The third-order valence-electron chi connectivity index (χ3n) is 3.53. The highest BCUT2D eigenvalue weighted by Crippen LogP contribution is 2.35. The fourth-order valence-electron chi connectivity index (χ4n) is 2.56. The predicted octanol–water partition coefficient (Wildman–Crippen LogP) is 5.09. The predicted molar refractivity (Wildman–Crippen MR) is 87.6 cm³/mol. The molecule has 0 saturated heterocycles. The van der Waals surface area contributed by atoms with Crippen molar-refractivity contribution in [2.24, 2.45) is 0 Å². The molecule has 3 heteroatoms. The van der Waals surface area contributed by atoms with E-state index in [1.165, 1.54) is 26.1 Å². The van der Waals surface area contributed by atoms with Crippen LogP contribution in [0.2, 0.25) is 0 Å². The molecule has 1 aromatic carbocycles. The minimum atomic E-state index is 0.288. The number of nitrogens with one attached hydrogen (secondary N) is 1. The van der Waals surface area contributed by atoms with Gasteiger partial charge in [0.2, 0.25) is 0 Å². The van der Waals surface area contributed by atoms with Gasteiger partial charge in [-0.15, -0.1) is 11.3 Å². The molecular formula is C17H18N2S. The average Bonchev–Trinajstić information content (AvgIpc) is 2.77. The van der Waals surface area contributed by atoms with Crippen LogP contribution in [-0.4, -0.2) is 4.98 Å². The molecule has 0 saturated carbocycles. The fourth-order valence-corrected chi connectivity index (χ4v) is 3.77. The lowest BCUT2D eigenvalue weighted by Gasteiger charge is -2.15. The summed E-state index contributed by atoms with van der Waals surface area (Å²) in [4.78, 5) is 5.63. The van der Waals surface area contributed by atoms with Crippen LogP contribution in [0.1, 0.15) is 29.0 Å². The van der Waals surface area contributed by atoms with Crippen molar-refractivity contribution in [3.63, 3.8) is 0 Å². The number of aryl methyl sites for hydroxylation is 2. The first-order valence-corrected chi connectivity index (χ1v) is 7.63. The summed E-state index contributed by atoms with van der Waals surface area (Å²) >= 11 is 1.87. The third kappa shape index (κ3) is 2.41. The molecule has 1 atom stereocenters. The number of hydrogen-bond acceptors (Lipinski definition) is 3. The zero-order valence-corrected chi connectivity index (χ0v) is 12.8. The van der Waals surface area contributed by atoms with E-state index >= 15 is 0 Å². The Kier molecular flexibility index (Phi) is 3.45. The first kappa shape index (κ1) is 13.1. The van der Waals surface area contributed by atoms with Crippen molar-refractivity contribution in [2.75, 3.05) is 5.32 Å². The second kappa shape index (κ2) is 5.25. The molecule has 102 valence electrons. The summed E-state index contributed by atoms with van der Waals surface area (Å²) in [6, 6.07) is 11.0. The molecule has 3 aromatic rings. The van der Waals surface area contributed by atoms with Gasteiger partial charge >= 0.3 is 0 Å². The normalized spacial score (nSPS) is 12.6. The molecule has 0 aliphatic rings. The fraction of sp³-hybridized carbons (Fsp3) is 0.235. The van der Waals surface area contributed by atoms with Crippen molar-refractivity contribution in [2.45, 2.75) is 26.8 Å². The van der Waals surface area contributed by atoms with Gasteiger partial charge in [-0.25, -0.2) is 0 Å². The van der Waals surface area contributed by atoms with E-state index in [4.69, 9.17) is 0 Å². The van der Waals surface area contributed by atoms with Crippen molar-refractivity contribution in [1.82, 2.24) is 4.98 Å². The van der Waals surface area contributed by atoms with E-state index in [1.54, 1.807) is 0 Å². The van der Waals surface area contributed by atoms with E-state index in [2.05, 4.69) is 61.4 Å². The van der Waals surface area contributed by atoms with Gasteiger partial charge in [0.25, 0.3) is 0 Å². The van der Waals surface area contributed by atoms with Gasteiger partial charge in [-0.1, -0.05) is 18.2 Å². The second-order valence-electron chi connectivity index (χ2n) is 5.20. The highest BCUT2D eigenvalue weighted by atomic mass is 32.1. The molecule has 20 heavy (non-hydrogen) atoms. The molecule has 0 amide bonds. The monoisotopic (exact) mass is 282 g/mol. The Morgan fingerprint density at radius 3 is 2.70 bits per heavy atom. The smallest absolute Gasteiger partial charge is 0.0582 e. The number of thiophene rings is 1. The molecule has 0 bridgehead atoms. The van der Waals surface area contributed by atoms with E-state index in [0.29, 0.717) is 0 Å². The van der Waals surface area contributed by atoms with Crippen molar-refractivity contribution >= 4 is 27.1 Å². The minimum Gasteiger partial charge on any atom is -0.376 e. The summed E-state index contributed by atoms with van der Waals surface area (Å²) in [5, 5.41) is 4.91. The first-order valence-electron chi connectivity index (χ1n) is 6.81. The number of fused-ring (bicyclic) bond motifs is 1. The molecule has 2 heterocycles. The Bertz CT molecular complexity index is 746. The summed E-state index contributed by atoms with van der Waals surface area (Å²) < 4.78 is 1.36. The standard InChI is InChI=1S/C17H18N2S/c1-11-8-14(10-18-9-11)19-13(3)17-12(2)15-6-4-5-7-16(15)20-17/h4-10,13,19H,1-3H3. The van der Waals surface area contributed by atoms with E-state index in [0.717, 1.165) is 5.69 Å². The van der Waals surface area contributed by atoms with Gasteiger partial charge in [-0.05, 0) is 49.4 Å². The molecular weight excluding hydrogens is 264 g/mol. The van der Waals surface area contributed by atoms with Crippen molar-refractivity contribution < 1.29 is 0 Å².